The van der Waals surface area contributed by atoms with E-state index in [1.807, 2.05) is 76.0 Å². The largest absolute Gasteiger partial charge is 0.339 e. The number of para-hydroxylation sites is 1. The van der Waals surface area contributed by atoms with Crippen molar-refractivity contribution in [2.75, 3.05) is 19.6 Å². The summed E-state index contributed by atoms with van der Waals surface area (Å²) >= 11 is 0. The van der Waals surface area contributed by atoms with Crippen molar-refractivity contribution in [3.05, 3.63) is 125 Å². The second-order valence-electron chi connectivity index (χ2n) is 11.3. The lowest BCUT2D eigenvalue weighted by molar-refractivity contribution is 0.0647. The van der Waals surface area contributed by atoms with E-state index in [4.69, 9.17) is 5.73 Å². The third-order valence-electron chi connectivity index (χ3n) is 8.35. The van der Waals surface area contributed by atoms with Crippen LogP contribution in [0, 0.1) is 6.92 Å². The second-order valence-corrected chi connectivity index (χ2v) is 11.3. The van der Waals surface area contributed by atoms with Gasteiger partial charge in [0.15, 0.2) is 0 Å². The van der Waals surface area contributed by atoms with Crippen LogP contribution in [-0.4, -0.2) is 51.9 Å². The fourth-order valence-electron chi connectivity index (χ4n) is 5.97. The van der Waals surface area contributed by atoms with Crippen LogP contribution in [0.4, 0.5) is 0 Å². The summed E-state index contributed by atoms with van der Waals surface area (Å²) in [5.41, 5.74) is 12.8. The standard InChI is InChI=1S/C36H42N4O2/c1-3-4-20-38(21-12-15-28-13-6-5-7-14-28)35(41)31-22-27(2)39(26-31)34-19-11-10-18-33(34)36(42)40-25-30-17-9-8-16-29(30)23-32(40)24-37/h5-11,13-14,16-19,22,26,32H,3-4,12,15,20-21,23-25,37H2,1-2H3/t32-/m0/s1. The Balaban J connectivity index is 1.38. The molecule has 42 heavy (non-hydrogen) atoms. The Bertz CT molecular complexity index is 1510. The van der Waals surface area contributed by atoms with Gasteiger partial charge in [0.25, 0.3) is 11.8 Å². The summed E-state index contributed by atoms with van der Waals surface area (Å²) in [7, 11) is 0. The zero-order valence-corrected chi connectivity index (χ0v) is 24.8. The van der Waals surface area contributed by atoms with Crippen LogP contribution in [0.1, 0.15) is 69.3 Å². The maximum absolute atomic E-state index is 14.1. The Morgan fingerprint density at radius 2 is 1.60 bits per heavy atom. The molecule has 1 atom stereocenters. The molecule has 4 aromatic rings. The molecule has 0 aliphatic carbocycles. The normalized spacial score (nSPS) is 14.5. The van der Waals surface area contributed by atoms with Gasteiger partial charge in [-0.3, -0.25) is 9.59 Å². The highest BCUT2D eigenvalue weighted by molar-refractivity contribution is 5.99. The van der Waals surface area contributed by atoms with Crippen molar-refractivity contribution in [3.8, 4) is 5.69 Å². The average molecular weight is 563 g/mol. The molecule has 6 nitrogen and oxygen atoms in total. The lowest BCUT2D eigenvalue weighted by atomic mass is 9.93. The first-order chi connectivity index (χ1) is 20.5. The van der Waals surface area contributed by atoms with Gasteiger partial charge in [-0.05, 0) is 67.5 Å². The molecular formula is C36H42N4O2. The highest BCUT2D eigenvalue weighted by atomic mass is 16.2. The predicted octanol–water partition coefficient (Wildman–Crippen LogP) is 6.19. The minimum Gasteiger partial charge on any atom is -0.339 e. The number of carbonyl (C=O) groups is 2. The summed E-state index contributed by atoms with van der Waals surface area (Å²) in [6.45, 7) is 6.53. The molecule has 0 saturated heterocycles. The number of carbonyl (C=O) groups excluding carboxylic acids is 2. The molecule has 0 fully saturated rings. The first kappa shape index (κ1) is 29.3. The fraction of sp³-hybridized carbons (Fsp3) is 0.333. The Hall–Kier alpha value is -4.16. The van der Waals surface area contributed by atoms with Crippen molar-refractivity contribution >= 4 is 11.8 Å². The second kappa shape index (κ2) is 13.7. The van der Waals surface area contributed by atoms with Crippen molar-refractivity contribution < 1.29 is 9.59 Å². The van der Waals surface area contributed by atoms with Crippen molar-refractivity contribution in [2.24, 2.45) is 5.73 Å². The van der Waals surface area contributed by atoms with Crippen LogP contribution in [0.2, 0.25) is 0 Å². The molecule has 1 aliphatic rings. The lowest BCUT2D eigenvalue weighted by Gasteiger charge is -2.36. The molecule has 1 aliphatic heterocycles. The van der Waals surface area contributed by atoms with Crippen LogP contribution in [0.25, 0.3) is 5.69 Å². The smallest absolute Gasteiger partial charge is 0.256 e. The number of nitrogens with two attached hydrogens (primary N) is 1. The molecule has 2 N–H and O–H groups in total. The Labute approximate surface area is 249 Å². The van der Waals surface area contributed by atoms with E-state index in [9.17, 15) is 9.59 Å². The third kappa shape index (κ3) is 6.50. The number of aryl methyl sites for hydroxylation is 2. The van der Waals surface area contributed by atoms with Crippen LogP contribution in [0.5, 0.6) is 0 Å². The van der Waals surface area contributed by atoms with Gasteiger partial charge in [-0.1, -0.05) is 80.1 Å². The average Bonchev–Trinajstić information content (AvgIpc) is 3.43. The number of hydrogen-bond acceptors (Lipinski definition) is 3. The van der Waals surface area contributed by atoms with Crippen LogP contribution < -0.4 is 5.73 Å². The van der Waals surface area contributed by atoms with Crippen molar-refractivity contribution in [1.82, 2.24) is 14.4 Å². The number of benzene rings is 3. The van der Waals surface area contributed by atoms with Gasteiger partial charge >= 0.3 is 0 Å². The number of rotatable bonds is 11. The van der Waals surface area contributed by atoms with Crippen molar-refractivity contribution in [2.45, 2.75) is 58.5 Å². The molecule has 0 unspecified atom stereocenters. The Morgan fingerprint density at radius 1 is 0.905 bits per heavy atom. The minimum absolute atomic E-state index is 0.0398. The van der Waals surface area contributed by atoms with E-state index in [1.165, 1.54) is 11.1 Å². The zero-order chi connectivity index (χ0) is 29.5. The van der Waals surface area contributed by atoms with Crippen LogP contribution >= 0.6 is 0 Å². The Morgan fingerprint density at radius 3 is 2.36 bits per heavy atom. The zero-order valence-electron chi connectivity index (χ0n) is 24.8. The Kier molecular flexibility index (Phi) is 9.55. The monoisotopic (exact) mass is 562 g/mol. The van der Waals surface area contributed by atoms with E-state index >= 15 is 0 Å². The van der Waals surface area contributed by atoms with E-state index in [-0.39, 0.29) is 17.9 Å². The number of hydrogen-bond donors (Lipinski definition) is 1. The van der Waals surface area contributed by atoms with Gasteiger partial charge in [0, 0.05) is 44.1 Å². The van der Waals surface area contributed by atoms with Crippen LogP contribution in [0.3, 0.4) is 0 Å². The molecule has 2 amide bonds. The first-order valence-electron chi connectivity index (χ1n) is 15.2. The molecule has 0 spiro atoms. The molecule has 218 valence electrons. The SMILES string of the molecule is CCCCN(CCCc1ccccc1)C(=O)c1cc(C)n(-c2ccccc2C(=O)N2Cc3ccccc3C[C@H]2CN)c1. The molecule has 3 aromatic carbocycles. The topological polar surface area (TPSA) is 71.6 Å². The quantitative estimate of drug-likeness (QED) is 0.237. The van der Waals surface area contributed by atoms with E-state index in [0.717, 1.165) is 55.6 Å². The van der Waals surface area contributed by atoms with Crippen molar-refractivity contribution in [1.29, 1.82) is 0 Å². The maximum atomic E-state index is 14.1. The van der Waals surface area contributed by atoms with Crippen LogP contribution in [0.15, 0.2) is 91.1 Å². The van der Waals surface area contributed by atoms with Gasteiger partial charge in [0.05, 0.1) is 16.8 Å². The van der Waals surface area contributed by atoms with Crippen molar-refractivity contribution in [3.63, 3.8) is 0 Å². The van der Waals surface area contributed by atoms with Gasteiger partial charge in [-0.15, -0.1) is 0 Å². The van der Waals surface area contributed by atoms with E-state index in [2.05, 4.69) is 43.3 Å². The highest BCUT2D eigenvalue weighted by Crippen LogP contribution is 2.27. The highest BCUT2D eigenvalue weighted by Gasteiger charge is 2.31. The fourth-order valence-corrected chi connectivity index (χ4v) is 5.97. The molecule has 5 rings (SSSR count). The molecule has 1 aromatic heterocycles. The summed E-state index contributed by atoms with van der Waals surface area (Å²) in [5.74, 6) is 0.0000153. The van der Waals surface area contributed by atoms with E-state index < -0.39 is 0 Å². The van der Waals surface area contributed by atoms with Gasteiger partial charge in [-0.25, -0.2) is 0 Å². The summed E-state index contributed by atoms with van der Waals surface area (Å²) in [6.07, 6.45) is 6.50. The van der Waals surface area contributed by atoms with Gasteiger partial charge < -0.3 is 20.1 Å². The van der Waals surface area contributed by atoms with Crippen LogP contribution in [-0.2, 0) is 19.4 Å². The summed E-state index contributed by atoms with van der Waals surface area (Å²) in [4.78, 5) is 31.7. The van der Waals surface area contributed by atoms with Gasteiger partial charge in [0.2, 0.25) is 0 Å². The van der Waals surface area contributed by atoms with Gasteiger partial charge in [0.1, 0.15) is 0 Å². The molecule has 2 heterocycles. The number of aromatic nitrogens is 1. The number of unbranched alkanes of at least 4 members (excludes halogenated alkanes) is 1. The van der Waals surface area contributed by atoms with E-state index in [0.29, 0.717) is 30.8 Å². The summed E-state index contributed by atoms with van der Waals surface area (Å²) in [6, 6.07) is 28.3. The number of nitrogens with zero attached hydrogens (tertiary/aromatic N) is 3. The van der Waals surface area contributed by atoms with E-state index in [1.54, 1.807) is 0 Å². The predicted molar refractivity (Wildman–Crippen MR) is 169 cm³/mol. The lowest BCUT2D eigenvalue weighted by Crippen LogP contribution is -2.48. The third-order valence-corrected chi connectivity index (χ3v) is 8.35. The molecular weight excluding hydrogens is 520 g/mol. The van der Waals surface area contributed by atoms with Gasteiger partial charge in [-0.2, -0.15) is 0 Å². The summed E-state index contributed by atoms with van der Waals surface area (Å²) < 4.78 is 1.98. The maximum Gasteiger partial charge on any atom is 0.256 e. The molecule has 0 radical (unpaired) electrons. The first-order valence-corrected chi connectivity index (χ1v) is 15.2. The number of amides is 2. The summed E-state index contributed by atoms with van der Waals surface area (Å²) in [5, 5.41) is 0. The molecule has 0 bridgehead atoms. The molecule has 0 saturated carbocycles. The number of fused-ring (bicyclic) bond motifs is 1. The minimum atomic E-state index is -0.0636. The molecule has 6 heteroatoms.